The Bertz CT molecular complexity index is 563. The normalized spacial score (nSPS) is 18.1. The Balaban J connectivity index is 1.95. The van der Waals surface area contributed by atoms with Crippen LogP contribution >= 0.6 is 0 Å². The molecule has 0 aromatic heterocycles. The minimum atomic E-state index is -1.09. The summed E-state index contributed by atoms with van der Waals surface area (Å²) in [6, 6.07) is 6.21. The van der Waals surface area contributed by atoms with Crippen LogP contribution in [0.25, 0.3) is 0 Å². The van der Waals surface area contributed by atoms with Gasteiger partial charge in [-0.1, -0.05) is 6.07 Å². The number of nitrogens with two attached hydrogens (primary N) is 1. The lowest BCUT2D eigenvalue weighted by atomic mass is 9.90. The third-order valence-corrected chi connectivity index (χ3v) is 3.96. The maximum atomic E-state index is 13.1. The predicted octanol–water partition coefficient (Wildman–Crippen LogP) is 0.756. The molecule has 21 heavy (non-hydrogen) atoms. The van der Waals surface area contributed by atoms with Crippen LogP contribution in [0.2, 0.25) is 0 Å². The lowest BCUT2D eigenvalue weighted by Crippen LogP contribution is -2.42. The highest BCUT2D eigenvalue weighted by Crippen LogP contribution is 2.23. The number of amides is 1. The number of hydrogen-bond acceptors (Lipinski definition) is 4. The van der Waals surface area contributed by atoms with Gasteiger partial charge in [-0.15, -0.1) is 0 Å². The SMILES string of the molecule is N#Cc1cc(F)ccc1CN1CCC([C@@H](O)C(N)=O)CC1. The van der Waals surface area contributed by atoms with Gasteiger partial charge in [0.15, 0.2) is 0 Å². The van der Waals surface area contributed by atoms with Crippen molar-refractivity contribution in [1.29, 1.82) is 5.26 Å². The molecule has 0 unspecified atom stereocenters. The van der Waals surface area contributed by atoms with Gasteiger partial charge in [0, 0.05) is 6.54 Å². The van der Waals surface area contributed by atoms with Gasteiger partial charge in [0.25, 0.3) is 0 Å². The number of piperidine rings is 1. The van der Waals surface area contributed by atoms with E-state index in [0.717, 1.165) is 5.56 Å². The van der Waals surface area contributed by atoms with E-state index in [9.17, 15) is 14.3 Å². The second-order valence-corrected chi connectivity index (χ2v) is 5.37. The van der Waals surface area contributed by atoms with Crippen molar-refractivity contribution < 1.29 is 14.3 Å². The number of nitrogens with zero attached hydrogens (tertiary/aromatic N) is 2. The van der Waals surface area contributed by atoms with Crippen LogP contribution in [0.1, 0.15) is 24.0 Å². The fourth-order valence-corrected chi connectivity index (χ4v) is 2.69. The first-order valence-electron chi connectivity index (χ1n) is 6.89. The molecule has 6 heteroatoms. The summed E-state index contributed by atoms with van der Waals surface area (Å²) in [5.74, 6) is -1.21. The average molecular weight is 291 g/mol. The van der Waals surface area contributed by atoms with Crippen molar-refractivity contribution in [3.05, 3.63) is 35.1 Å². The second kappa shape index (κ2) is 6.66. The molecule has 1 fully saturated rings. The predicted molar refractivity (Wildman–Crippen MR) is 74.3 cm³/mol. The van der Waals surface area contributed by atoms with Gasteiger partial charge in [0.1, 0.15) is 11.9 Å². The zero-order chi connectivity index (χ0) is 15.4. The Morgan fingerprint density at radius 2 is 2.19 bits per heavy atom. The van der Waals surface area contributed by atoms with Gasteiger partial charge in [-0.2, -0.15) is 5.26 Å². The van der Waals surface area contributed by atoms with Crippen LogP contribution in [0.5, 0.6) is 0 Å². The van der Waals surface area contributed by atoms with Crippen LogP contribution in [-0.2, 0) is 11.3 Å². The Kier molecular flexibility index (Phi) is 4.89. The molecule has 1 aromatic rings. The smallest absolute Gasteiger partial charge is 0.246 e. The maximum Gasteiger partial charge on any atom is 0.246 e. The van der Waals surface area contributed by atoms with E-state index in [0.29, 0.717) is 38.0 Å². The maximum absolute atomic E-state index is 13.1. The summed E-state index contributed by atoms with van der Waals surface area (Å²) in [5, 5.41) is 18.7. The zero-order valence-electron chi connectivity index (χ0n) is 11.6. The molecule has 1 aliphatic heterocycles. The summed E-state index contributed by atoms with van der Waals surface area (Å²) in [5.41, 5.74) is 6.23. The van der Waals surface area contributed by atoms with E-state index in [1.54, 1.807) is 6.07 Å². The first-order chi connectivity index (χ1) is 10.0. The molecule has 0 aliphatic carbocycles. The van der Waals surface area contributed by atoms with Crippen molar-refractivity contribution in [2.24, 2.45) is 11.7 Å². The summed E-state index contributed by atoms with van der Waals surface area (Å²) in [7, 11) is 0. The number of hydrogen-bond donors (Lipinski definition) is 2. The number of carbonyl (C=O) groups excluding carboxylic acids is 1. The van der Waals surface area contributed by atoms with Crippen LogP contribution < -0.4 is 5.73 Å². The van der Waals surface area contributed by atoms with Crippen LogP contribution in [0, 0.1) is 23.1 Å². The van der Waals surface area contributed by atoms with Crippen molar-refractivity contribution in [2.45, 2.75) is 25.5 Å². The fraction of sp³-hybridized carbons (Fsp3) is 0.467. The molecule has 5 nitrogen and oxygen atoms in total. The highest BCUT2D eigenvalue weighted by molar-refractivity contribution is 5.78. The number of nitriles is 1. The van der Waals surface area contributed by atoms with Crippen molar-refractivity contribution >= 4 is 5.91 Å². The molecule has 0 bridgehead atoms. The summed E-state index contributed by atoms with van der Waals surface area (Å²) < 4.78 is 13.1. The average Bonchev–Trinajstić information content (AvgIpc) is 2.49. The van der Waals surface area contributed by atoms with Gasteiger partial charge in [-0.05, 0) is 49.5 Å². The highest BCUT2D eigenvalue weighted by Gasteiger charge is 2.28. The van der Waals surface area contributed by atoms with Gasteiger partial charge in [-0.25, -0.2) is 4.39 Å². The third kappa shape index (κ3) is 3.78. The van der Waals surface area contributed by atoms with Crippen molar-refractivity contribution in [3.8, 4) is 6.07 Å². The van der Waals surface area contributed by atoms with Gasteiger partial charge >= 0.3 is 0 Å². The summed E-state index contributed by atoms with van der Waals surface area (Å²) in [6.07, 6.45) is 0.257. The molecule has 1 saturated heterocycles. The van der Waals surface area contributed by atoms with E-state index >= 15 is 0 Å². The molecule has 2 rings (SSSR count). The molecule has 1 heterocycles. The molecular weight excluding hydrogens is 273 g/mol. The number of aliphatic hydroxyl groups is 1. The lowest BCUT2D eigenvalue weighted by Gasteiger charge is -2.33. The number of rotatable bonds is 4. The number of likely N-dealkylation sites (tertiary alicyclic amines) is 1. The number of primary amides is 1. The lowest BCUT2D eigenvalue weighted by molar-refractivity contribution is -0.129. The Morgan fingerprint density at radius 1 is 1.52 bits per heavy atom. The van der Waals surface area contributed by atoms with Gasteiger partial charge < -0.3 is 10.8 Å². The summed E-state index contributed by atoms with van der Waals surface area (Å²) >= 11 is 0. The quantitative estimate of drug-likeness (QED) is 0.856. The highest BCUT2D eigenvalue weighted by atomic mass is 19.1. The minimum Gasteiger partial charge on any atom is -0.383 e. The van der Waals surface area contributed by atoms with Crippen molar-refractivity contribution in [2.75, 3.05) is 13.1 Å². The van der Waals surface area contributed by atoms with E-state index in [1.807, 2.05) is 6.07 Å². The van der Waals surface area contributed by atoms with E-state index < -0.39 is 17.8 Å². The molecular formula is C15H18FN3O2. The summed E-state index contributed by atoms with van der Waals surface area (Å²) in [6.45, 7) is 1.97. The van der Waals surface area contributed by atoms with Crippen LogP contribution in [0.15, 0.2) is 18.2 Å². The monoisotopic (exact) mass is 291 g/mol. The topological polar surface area (TPSA) is 90.3 Å². The molecule has 1 atom stereocenters. The Labute approximate surface area is 122 Å². The molecule has 1 aliphatic rings. The van der Waals surface area contributed by atoms with Crippen LogP contribution in [0.3, 0.4) is 0 Å². The number of aliphatic hydroxyl groups excluding tert-OH is 1. The van der Waals surface area contributed by atoms with Gasteiger partial charge in [0.2, 0.25) is 5.91 Å². The largest absolute Gasteiger partial charge is 0.383 e. The van der Waals surface area contributed by atoms with Crippen molar-refractivity contribution in [3.63, 3.8) is 0 Å². The van der Waals surface area contributed by atoms with Crippen molar-refractivity contribution in [1.82, 2.24) is 4.90 Å². The van der Waals surface area contributed by atoms with Gasteiger partial charge in [-0.3, -0.25) is 9.69 Å². The number of benzene rings is 1. The van der Waals surface area contributed by atoms with Crippen LogP contribution in [0.4, 0.5) is 4.39 Å². The minimum absolute atomic E-state index is 0.109. The fourth-order valence-electron chi connectivity index (χ4n) is 2.69. The zero-order valence-corrected chi connectivity index (χ0v) is 11.6. The van der Waals surface area contributed by atoms with E-state index in [2.05, 4.69) is 4.90 Å². The van der Waals surface area contributed by atoms with E-state index in [1.165, 1.54) is 12.1 Å². The molecule has 0 radical (unpaired) electrons. The first-order valence-corrected chi connectivity index (χ1v) is 6.89. The summed E-state index contributed by atoms with van der Waals surface area (Å²) in [4.78, 5) is 13.1. The molecule has 0 saturated carbocycles. The molecule has 3 N–H and O–H groups in total. The second-order valence-electron chi connectivity index (χ2n) is 5.37. The standard InChI is InChI=1S/C15H18FN3O2/c16-13-2-1-11(12(7-13)8-17)9-19-5-3-10(4-6-19)14(20)15(18)21/h1-2,7,10,14,20H,3-6,9H2,(H2,18,21)/t14-/m1/s1. The van der Waals surface area contributed by atoms with Crippen LogP contribution in [-0.4, -0.2) is 35.1 Å². The third-order valence-electron chi connectivity index (χ3n) is 3.96. The van der Waals surface area contributed by atoms with Gasteiger partial charge in [0.05, 0.1) is 11.6 Å². The molecule has 1 amide bonds. The number of carbonyl (C=O) groups is 1. The molecule has 112 valence electrons. The number of halogens is 1. The Hall–Kier alpha value is -1.97. The van der Waals surface area contributed by atoms with E-state index in [4.69, 9.17) is 11.0 Å². The van der Waals surface area contributed by atoms with E-state index in [-0.39, 0.29) is 5.92 Å². The molecule has 0 spiro atoms. The molecule has 1 aromatic carbocycles. The Morgan fingerprint density at radius 3 is 2.76 bits per heavy atom. The first kappa shape index (κ1) is 15.4.